The fourth-order valence-electron chi connectivity index (χ4n) is 2.71. The van der Waals surface area contributed by atoms with Gasteiger partial charge in [0.05, 0.1) is 12.1 Å². The summed E-state index contributed by atoms with van der Waals surface area (Å²) in [6.45, 7) is 2.85. The Labute approximate surface area is 158 Å². The lowest BCUT2D eigenvalue weighted by molar-refractivity contribution is -0.121. The van der Waals surface area contributed by atoms with Crippen LogP contribution in [0.2, 0.25) is 0 Å². The van der Waals surface area contributed by atoms with Crippen LogP contribution in [0.5, 0.6) is 5.75 Å². The molecule has 1 amide bonds. The highest BCUT2D eigenvalue weighted by Gasteiger charge is 2.10. The summed E-state index contributed by atoms with van der Waals surface area (Å²) in [6.07, 6.45) is 0.758. The first kappa shape index (κ1) is 18.7. The third-order valence-electron chi connectivity index (χ3n) is 4.08. The van der Waals surface area contributed by atoms with Gasteiger partial charge in [0.1, 0.15) is 29.7 Å². The van der Waals surface area contributed by atoms with Gasteiger partial charge in [0.2, 0.25) is 5.91 Å². The van der Waals surface area contributed by atoms with E-state index in [1.165, 1.54) is 6.07 Å². The van der Waals surface area contributed by atoms with E-state index in [1.807, 2.05) is 31.2 Å². The molecule has 0 fully saturated rings. The summed E-state index contributed by atoms with van der Waals surface area (Å²) in [5.41, 5.74) is 1.55. The molecule has 2 aromatic carbocycles. The highest BCUT2D eigenvalue weighted by atomic mass is 19.1. The van der Waals surface area contributed by atoms with E-state index in [-0.39, 0.29) is 11.7 Å². The normalized spacial score (nSPS) is 10.6. The van der Waals surface area contributed by atoms with Crippen LogP contribution in [0.1, 0.15) is 17.7 Å². The number of nitrogens with one attached hydrogen (secondary N) is 1. The number of benzene rings is 2. The summed E-state index contributed by atoms with van der Waals surface area (Å²) in [5.74, 6) is 1.51. The van der Waals surface area contributed by atoms with Crippen molar-refractivity contribution in [1.29, 1.82) is 0 Å². The predicted molar refractivity (Wildman–Crippen MR) is 102 cm³/mol. The second-order valence-electron chi connectivity index (χ2n) is 6.26. The Morgan fingerprint density at radius 2 is 1.96 bits per heavy atom. The lowest BCUT2D eigenvalue weighted by Gasteiger charge is -2.08. The van der Waals surface area contributed by atoms with Crippen LogP contribution >= 0.6 is 0 Å². The summed E-state index contributed by atoms with van der Waals surface area (Å²) < 4.78 is 25.0. The SMILES string of the molecule is Cc1cccc(OCCNC(=O)CCc2ccc(-c3ccccc3F)o2)c1. The van der Waals surface area contributed by atoms with Gasteiger partial charge >= 0.3 is 0 Å². The van der Waals surface area contributed by atoms with Crippen molar-refractivity contribution in [2.45, 2.75) is 19.8 Å². The Balaban J connectivity index is 1.40. The number of hydrogen-bond donors (Lipinski definition) is 1. The highest BCUT2D eigenvalue weighted by molar-refractivity contribution is 5.76. The van der Waals surface area contributed by atoms with E-state index in [0.29, 0.717) is 43.1 Å². The van der Waals surface area contributed by atoms with Crippen molar-refractivity contribution >= 4 is 5.91 Å². The molecule has 140 valence electrons. The smallest absolute Gasteiger partial charge is 0.220 e. The zero-order valence-corrected chi connectivity index (χ0v) is 15.2. The molecule has 1 heterocycles. The Morgan fingerprint density at radius 1 is 1.11 bits per heavy atom. The van der Waals surface area contributed by atoms with Gasteiger partial charge in [-0.3, -0.25) is 4.79 Å². The minimum Gasteiger partial charge on any atom is -0.492 e. The second-order valence-corrected chi connectivity index (χ2v) is 6.26. The fourth-order valence-corrected chi connectivity index (χ4v) is 2.71. The van der Waals surface area contributed by atoms with Crippen LogP contribution < -0.4 is 10.1 Å². The molecule has 1 aromatic heterocycles. The van der Waals surface area contributed by atoms with Gasteiger partial charge in [-0.05, 0) is 48.9 Å². The van der Waals surface area contributed by atoms with Crippen LogP contribution in [0.25, 0.3) is 11.3 Å². The number of furan rings is 1. The lowest BCUT2D eigenvalue weighted by atomic mass is 10.1. The zero-order valence-electron chi connectivity index (χ0n) is 15.2. The van der Waals surface area contributed by atoms with E-state index in [0.717, 1.165) is 11.3 Å². The van der Waals surface area contributed by atoms with Crippen molar-refractivity contribution in [2.75, 3.05) is 13.2 Å². The molecule has 27 heavy (non-hydrogen) atoms. The third-order valence-corrected chi connectivity index (χ3v) is 4.08. The molecule has 0 spiro atoms. The largest absolute Gasteiger partial charge is 0.492 e. The summed E-state index contributed by atoms with van der Waals surface area (Å²) in [7, 11) is 0. The van der Waals surface area contributed by atoms with Gasteiger partial charge in [0.15, 0.2) is 0 Å². The van der Waals surface area contributed by atoms with Crippen LogP contribution in [0.3, 0.4) is 0 Å². The standard InChI is InChI=1S/C22H22FNO3/c1-16-5-4-6-18(15-16)26-14-13-24-22(25)12-10-17-9-11-21(27-17)19-7-2-3-8-20(19)23/h2-9,11,15H,10,12-14H2,1H3,(H,24,25). The molecule has 0 unspecified atom stereocenters. The van der Waals surface area contributed by atoms with E-state index < -0.39 is 0 Å². The summed E-state index contributed by atoms with van der Waals surface area (Å²) >= 11 is 0. The molecule has 0 aliphatic heterocycles. The molecule has 0 aliphatic rings. The number of rotatable bonds is 8. The topological polar surface area (TPSA) is 51.5 Å². The van der Waals surface area contributed by atoms with Gasteiger partial charge in [-0.2, -0.15) is 0 Å². The number of hydrogen-bond acceptors (Lipinski definition) is 3. The quantitative estimate of drug-likeness (QED) is 0.596. The molecule has 3 rings (SSSR count). The maximum Gasteiger partial charge on any atom is 0.220 e. The number of carbonyl (C=O) groups is 1. The van der Waals surface area contributed by atoms with Crippen LogP contribution in [0.15, 0.2) is 65.1 Å². The Bertz CT molecular complexity index is 904. The fraction of sp³-hybridized carbons (Fsp3) is 0.227. The molecule has 0 saturated carbocycles. The van der Waals surface area contributed by atoms with E-state index in [1.54, 1.807) is 30.3 Å². The Hall–Kier alpha value is -3.08. The van der Waals surface area contributed by atoms with Crippen LogP contribution in [0, 0.1) is 12.7 Å². The van der Waals surface area contributed by atoms with E-state index in [4.69, 9.17) is 9.15 Å². The minimum absolute atomic E-state index is 0.0771. The summed E-state index contributed by atoms with van der Waals surface area (Å²) in [6, 6.07) is 17.7. The van der Waals surface area contributed by atoms with Crippen LogP contribution in [-0.4, -0.2) is 19.1 Å². The second kappa shape index (κ2) is 9.03. The molecule has 1 N–H and O–H groups in total. The molecule has 0 saturated heterocycles. The van der Waals surface area contributed by atoms with Crippen molar-refractivity contribution in [2.24, 2.45) is 0 Å². The third kappa shape index (κ3) is 5.45. The molecule has 0 bridgehead atoms. The molecule has 4 nitrogen and oxygen atoms in total. The number of halogens is 1. The van der Waals surface area contributed by atoms with E-state index in [2.05, 4.69) is 5.32 Å². The summed E-state index contributed by atoms with van der Waals surface area (Å²) in [4.78, 5) is 11.9. The van der Waals surface area contributed by atoms with Crippen molar-refractivity contribution in [3.63, 3.8) is 0 Å². The van der Waals surface area contributed by atoms with Crippen LogP contribution in [-0.2, 0) is 11.2 Å². The first-order valence-electron chi connectivity index (χ1n) is 8.91. The van der Waals surface area contributed by atoms with Crippen molar-refractivity contribution in [3.8, 4) is 17.1 Å². The maximum absolute atomic E-state index is 13.8. The molecular weight excluding hydrogens is 345 g/mol. The van der Waals surface area contributed by atoms with Gasteiger partial charge in [-0.25, -0.2) is 4.39 Å². The molecule has 5 heteroatoms. The minimum atomic E-state index is -0.329. The molecule has 0 radical (unpaired) electrons. The Morgan fingerprint density at radius 3 is 2.78 bits per heavy atom. The van der Waals surface area contributed by atoms with Crippen molar-refractivity contribution in [3.05, 3.63) is 77.8 Å². The number of carbonyl (C=O) groups excluding carboxylic acids is 1. The maximum atomic E-state index is 13.8. The summed E-state index contributed by atoms with van der Waals surface area (Å²) in [5, 5.41) is 2.82. The lowest BCUT2D eigenvalue weighted by Crippen LogP contribution is -2.28. The number of amides is 1. The number of aryl methyl sites for hydroxylation is 2. The van der Waals surface area contributed by atoms with E-state index in [9.17, 15) is 9.18 Å². The van der Waals surface area contributed by atoms with Gasteiger partial charge in [0, 0.05) is 12.8 Å². The first-order chi connectivity index (χ1) is 13.1. The molecular formula is C22H22FNO3. The monoisotopic (exact) mass is 367 g/mol. The molecule has 0 atom stereocenters. The van der Waals surface area contributed by atoms with E-state index >= 15 is 0 Å². The Kier molecular flexibility index (Phi) is 6.26. The predicted octanol–water partition coefficient (Wildman–Crippen LogP) is 4.52. The van der Waals surface area contributed by atoms with Gasteiger partial charge < -0.3 is 14.5 Å². The zero-order chi connectivity index (χ0) is 19.1. The van der Waals surface area contributed by atoms with Gasteiger partial charge in [-0.1, -0.05) is 24.3 Å². The number of ether oxygens (including phenoxy) is 1. The van der Waals surface area contributed by atoms with Gasteiger partial charge in [0.25, 0.3) is 0 Å². The van der Waals surface area contributed by atoms with Gasteiger partial charge in [-0.15, -0.1) is 0 Å². The average molecular weight is 367 g/mol. The van der Waals surface area contributed by atoms with Crippen molar-refractivity contribution < 1.29 is 18.3 Å². The first-order valence-corrected chi connectivity index (χ1v) is 8.91. The van der Waals surface area contributed by atoms with Crippen LogP contribution in [0.4, 0.5) is 4.39 Å². The average Bonchev–Trinajstić information content (AvgIpc) is 3.13. The molecule has 0 aliphatic carbocycles. The highest BCUT2D eigenvalue weighted by Crippen LogP contribution is 2.25. The molecule has 3 aromatic rings. The van der Waals surface area contributed by atoms with Crippen molar-refractivity contribution in [1.82, 2.24) is 5.32 Å².